The second-order valence-electron chi connectivity index (χ2n) is 14.4. The molecule has 0 spiro atoms. The molecule has 0 saturated carbocycles. The van der Waals surface area contributed by atoms with E-state index in [0.717, 1.165) is 0 Å². The van der Waals surface area contributed by atoms with Crippen molar-refractivity contribution >= 4 is 38.2 Å². The average Bonchev–Trinajstić information content (AvgIpc) is 3.43. The van der Waals surface area contributed by atoms with Gasteiger partial charge < -0.3 is 0 Å². The van der Waals surface area contributed by atoms with Crippen LogP contribution in [0.5, 0.6) is 0 Å². The molecular weight excluding hydrogens is 623 g/mol. The van der Waals surface area contributed by atoms with Crippen molar-refractivity contribution in [2.24, 2.45) is 10.8 Å². The first-order valence-corrected chi connectivity index (χ1v) is 26.2. The van der Waals surface area contributed by atoms with Gasteiger partial charge in [0.15, 0.2) is 0 Å². The van der Waals surface area contributed by atoms with Gasteiger partial charge in [-0.1, -0.05) is 0 Å². The van der Waals surface area contributed by atoms with Gasteiger partial charge in [0, 0.05) is 0 Å². The molecule has 2 aromatic carbocycles. The SMILES string of the molecule is CC1=CC2=C(CCCC2(C)C)[CH]1[Zr](=[SiH2])([c]1ccccc1)([c]1ccccc1)[CH]1C(C)=CC2=C1CCCC2(C)C.Cl.Cl. The van der Waals surface area contributed by atoms with Gasteiger partial charge in [-0.25, -0.2) is 0 Å². The van der Waals surface area contributed by atoms with E-state index in [1.807, 2.05) is 11.1 Å². The van der Waals surface area contributed by atoms with Crippen LogP contribution < -0.4 is 6.54 Å². The normalized spacial score (nSPS) is 25.3. The molecule has 2 aromatic rings. The molecule has 6 rings (SSSR count). The fourth-order valence-corrected chi connectivity index (χ4v) is 39.9. The number of halogens is 2. The first-order valence-electron chi connectivity index (χ1n) is 15.0. The summed E-state index contributed by atoms with van der Waals surface area (Å²) in [6, 6.07) is 24.0. The first-order chi connectivity index (χ1) is 18.0. The molecule has 2 atom stereocenters. The van der Waals surface area contributed by atoms with Gasteiger partial charge in [-0.2, -0.15) is 0 Å². The van der Waals surface area contributed by atoms with E-state index < -0.39 is 17.4 Å². The molecule has 2 unspecified atom stereocenters. The van der Waals surface area contributed by atoms with Crippen LogP contribution in [0.3, 0.4) is 0 Å². The third kappa shape index (κ3) is 4.37. The summed E-state index contributed by atoms with van der Waals surface area (Å²) in [6.45, 7) is 17.6. The Morgan fingerprint density at radius 1 is 0.625 bits per heavy atom. The molecular formula is C36H48Cl2SiZr. The molecule has 0 bridgehead atoms. The zero-order chi connectivity index (χ0) is 26.9. The van der Waals surface area contributed by atoms with Crippen LogP contribution in [0.25, 0.3) is 0 Å². The van der Waals surface area contributed by atoms with Gasteiger partial charge in [-0.15, -0.1) is 24.8 Å². The van der Waals surface area contributed by atoms with Gasteiger partial charge in [-0.3, -0.25) is 0 Å². The number of hydrogen-bond acceptors (Lipinski definition) is 0. The molecule has 4 heteroatoms. The predicted octanol–water partition coefficient (Wildman–Crippen LogP) is 9.23. The molecule has 40 heavy (non-hydrogen) atoms. The van der Waals surface area contributed by atoms with Crippen molar-refractivity contribution in [1.82, 2.24) is 0 Å². The van der Waals surface area contributed by atoms with Crippen molar-refractivity contribution in [2.45, 2.75) is 87.3 Å². The second-order valence-corrected chi connectivity index (χ2v) is 37.1. The minimum absolute atomic E-state index is 0. The molecule has 0 aliphatic heterocycles. The standard InChI is InChI=1S/2C12H17.2C6H5.2ClH.H2Si.Zr/c2*1-9-7-10-5-4-6-12(2,3)11(10)8-9;2*1-2-4-6-5-3-1;;;;/h2*7-8H,4-6H2,1-3H3;2*1-5H;2*1H;1H2;. The zero-order valence-electron chi connectivity index (χ0n) is 25.3. The molecule has 0 heterocycles. The van der Waals surface area contributed by atoms with E-state index in [-0.39, 0.29) is 35.6 Å². The predicted molar refractivity (Wildman–Crippen MR) is 180 cm³/mol. The molecule has 4 aliphatic rings. The van der Waals surface area contributed by atoms with Crippen LogP contribution in [0.4, 0.5) is 0 Å². The van der Waals surface area contributed by atoms with Crippen LogP contribution >= 0.6 is 24.8 Å². The van der Waals surface area contributed by atoms with Crippen LogP contribution in [0.2, 0.25) is 7.25 Å². The van der Waals surface area contributed by atoms with Crippen molar-refractivity contribution < 1.29 is 17.4 Å². The summed E-state index contributed by atoms with van der Waals surface area (Å²) in [5, 5.41) is 0. The smallest absolute Gasteiger partial charge is 0.147 e. The van der Waals surface area contributed by atoms with Crippen LogP contribution in [0.15, 0.2) is 106 Å². The minimum Gasteiger partial charge on any atom is -0.147 e. The molecule has 0 amide bonds. The van der Waals surface area contributed by atoms with Crippen LogP contribution in [-0.2, 0) is 17.4 Å². The van der Waals surface area contributed by atoms with Gasteiger partial charge >= 0.3 is 235 Å². The van der Waals surface area contributed by atoms with E-state index in [1.165, 1.54) is 38.5 Å². The van der Waals surface area contributed by atoms with Gasteiger partial charge in [-0.05, 0) is 0 Å². The molecule has 0 saturated heterocycles. The van der Waals surface area contributed by atoms with Gasteiger partial charge in [0.05, 0.1) is 0 Å². The van der Waals surface area contributed by atoms with Crippen molar-refractivity contribution in [3.63, 3.8) is 0 Å². The average molecular weight is 671 g/mol. The van der Waals surface area contributed by atoms with E-state index in [4.69, 9.17) is 0 Å². The maximum absolute atomic E-state index is 4.27. The van der Waals surface area contributed by atoms with Crippen LogP contribution in [0, 0.1) is 10.8 Å². The summed E-state index contributed by atoms with van der Waals surface area (Å²) in [5.74, 6) is 0. The molecule has 0 radical (unpaired) electrons. The third-order valence-electron chi connectivity index (χ3n) is 11.2. The quantitative estimate of drug-likeness (QED) is 0.285. The van der Waals surface area contributed by atoms with Crippen molar-refractivity contribution in [3.8, 4) is 0 Å². The van der Waals surface area contributed by atoms with E-state index >= 15 is 0 Å². The number of benzene rings is 2. The number of rotatable bonds is 4. The molecule has 4 aliphatic carbocycles. The van der Waals surface area contributed by atoms with E-state index in [2.05, 4.69) is 121 Å². The largest absolute Gasteiger partial charge is 0.147 e. The molecule has 0 N–H and O–H groups in total. The zero-order valence-corrected chi connectivity index (χ0v) is 30.9. The third-order valence-corrected chi connectivity index (χ3v) is 39.7. The van der Waals surface area contributed by atoms with Gasteiger partial charge in [0.1, 0.15) is 0 Å². The van der Waals surface area contributed by atoms with E-state index in [9.17, 15) is 0 Å². The summed E-state index contributed by atoms with van der Waals surface area (Å²) in [7, 11) is 0. The minimum atomic E-state index is -4.27. The molecule has 214 valence electrons. The Morgan fingerprint density at radius 2 is 0.975 bits per heavy atom. The Labute approximate surface area is 258 Å². The molecule has 0 fully saturated rings. The van der Waals surface area contributed by atoms with Gasteiger partial charge in [0.2, 0.25) is 0 Å². The Balaban J connectivity index is 0.00000185. The summed E-state index contributed by atoms with van der Waals surface area (Å²) in [4.78, 5) is 0. The van der Waals surface area contributed by atoms with Crippen LogP contribution in [-0.4, -0.2) is 6.88 Å². The topological polar surface area (TPSA) is 0 Å². The maximum atomic E-state index is 2.67. The Bertz CT molecular complexity index is 1370. The van der Waals surface area contributed by atoms with Crippen molar-refractivity contribution in [1.29, 1.82) is 0 Å². The fourth-order valence-electron chi connectivity index (χ4n) is 9.70. The summed E-state index contributed by atoms with van der Waals surface area (Å²) < 4.78 is 4.48. The van der Waals surface area contributed by atoms with E-state index in [0.29, 0.717) is 7.25 Å². The summed E-state index contributed by atoms with van der Waals surface area (Å²) in [5.41, 5.74) is 10.8. The monoisotopic (exact) mass is 668 g/mol. The maximum Gasteiger partial charge on any atom is -0.147 e. The van der Waals surface area contributed by atoms with E-state index in [1.54, 1.807) is 28.8 Å². The van der Waals surface area contributed by atoms with Gasteiger partial charge in [0.25, 0.3) is 0 Å². The Kier molecular flexibility index (Phi) is 8.78. The second kappa shape index (κ2) is 11.0. The van der Waals surface area contributed by atoms with Crippen LogP contribution in [0.1, 0.15) is 80.1 Å². The number of hydrogen-bond donors (Lipinski definition) is 0. The molecule has 0 aromatic heterocycles. The Hall–Kier alpha value is -0.920. The first kappa shape index (κ1) is 32.0. The summed E-state index contributed by atoms with van der Waals surface area (Å²) in [6.07, 6.45) is 13.1. The number of allylic oxidation sites excluding steroid dienone is 8. The van der Waals surface area contributed by atoms with Crippen molar-refractivity contribution in [3.05, 3.63) is 106 Å². The van der Waals surface area contributed by atoms with Crippen molar-refractivity contribution in [2.75, 3.05) is 0 Å². The summed E-state index contributed by atoms with van der Waals surface area (Å²) >= 11 is -4.27. The Morgan fingerprint density at radius 3 is 1.32 bits per heavy atom. The fraction of sp³-hybridized carbons (Fsp3) is 0.444. The molecule has 0 nitrogen and oxygen atoms in total.